The van der Waals surface area contributed by atoms with Crippen molar-refractivity contribution in [3.05, 3.63) is 27.7 Å². The van der Waals surface area contributed by atoms with Gasteiger partial charge in [0.2, 0.25) is 0 Å². The standard InChI is InChI=1S/C18H27BrN2O2/c1-12-15(17(22)23-5)10-13(19)11-16(12)20-14-6-8-21(9-7-14)18(2,3)4/h10-11,14,20H,6-9H2,1-5H3. The van der Waals surface area contributed by atoms with Gasteiger partial charge in [0.15, 0.2) is 0 Å². The maximum Gasteiger partial charge on any atom is 0.338 e. The van der Waals surface area contributed by atoms with E-state index in [2.05, 4.69) is 46.9 Å². The van der Waals surface area contributed by atoms with Crippen molar-refractivity contribution in [2.24, 2.45) is 0 Å². The minimum Gasteiger partial charge on any atom is -0.465 e. The molecule has 1 aliphatic rings. The fourth-order valence-electron chi connectivity index (χ4n) is 3.07. The Kier molecular flexibility index (Phi) is 5.74. The summed E-state index contributed by atoms with van der Waals surface area (Å²) in [5.74, 6) is -0.297. The van der Waals surface area contributed by atoms with Crippen LogP contribution < -0.4 is 5.32 Å². The molecule has 23 heavy (non-hydrogen) atoms. The largest absolute Gasteiger partial charge is 0.465 e. The number of likely N-dealkylation sites (tertiary alicyclic amines) is 1. The summed E-state index contributed by atoms with van der Waals surface area (Å²) >= 11 is 3.49. The molecule has 0 spiro atoms. The average Bonchev–Trinajstić information content (AvgIpc) is 2.49. The van der Waals surface area contributed by atoms with E-state index in [-0.39, 0.29) is 11.5 Å². The van der Waals surface area contributed by atoms with E-state index in [0.29, 0.717) is 11.6 Å². The third-order valence-electron chi connectivity index (χ3n) is 4.58. The number of hydrogen-bond donors (Lipinski definition) is 1. The molecule has 2 rings (SSSR count). The van der Waals surface area contributed by atoms with Gasteiger partial charge in [0, 0.05) is 34.8 Å². The first-order valence-electron chi connectivity index (χ1n) is 8.12. The van der Waals surface area contributed by atoms with Gasteiger partial charge >= 0.3 is 5.97 Å². The van der Waals surface area contributed by atoms with Gasteiger partial charge in [-0.2, -0.15) is 0 Å². The topological polar surface area (TPSA) is 41.6 Å². The molecular weight excluding hydrogens is 356 g/mol. The van der Waals surface area contributed by atoms with E-state index in [0.717, 1.165) is 41.7 Å². The van der Waals surface area contributed by atoms with Gasteiger partial charge in [0.05, 0.1) is 12.7 Å². The smallest absolute Gasteiger partial charge is 0.338 e. The Morgan fingerprint density at radius 2 is 1.91 bits per heavy atom. The number of anilines is 1. The minimum absolute atomic E-state index is 0.231. The first-order chi connectivity index (χ1) is 10.7. The number of carbonyl (C=O) groups is 1. The van der Waals surface area contributed by atoms with Crippen molar-refractivity contribution in [1.29, 1.82) is 0 Å². The first-order valence-corrected chi connectivity index (χ1v) is 8.91. The van der Waals surface area contributed by atoms with Gasteiger partial charge < -0.3 is 10.1 Å². The molecule has 0 bridgehead atoms. The minimum atomic E-state index is -0.297. The zero-order valence-corrected chi connectivity index (χ0v) is 16.3. The molecule has 0 aliphatic carbocycles. The lowest BCUT2D eigenvalue weighted by Crippen LogP contribution is -2.48. The average molecular weight is 383 g/mol. The molecule has 0 saturated carbocycles. The van der Waals surface area contributed by atoms with E-state index in [1.165, 1.54) is 7.11 Å². The first kappa shape index (κ1) is 18.3. The molecule has 0 amide bonds. The van der Waals surface area contributed by atoms with Gasteiger partial charge in [-0.25, -0.2) is 4.79 Å². The summed E-state index contributed by atoms with van der Waals surface area (Å²) in [5, 5.41) is 3.62. The number of carbonyl (C=O) groups excluding carboxylic acids is 1. The molecule has 1 aromatic rings. The Morgan fingerprint density at radius 1 is 1.30 bits per heavy atom. The second-order valence-corrected chi connectivity index (χ2v) is 8.11. The maximum absolute atomic E-state index is 11.9. The quantitative estimate of drug-likeness (QED) is 0.794. The summed E-state index contributed by atoms with van der Waals surface area (Å²) in [6, 6.07) is 4.29. The van der Waals surface area contributed by atoms with Gasteiger partial charge in [-0.3, -0.25) is 4.90 Å². The second kappa shape index (κ2) is 7.22. The van der Waals surface area contributed by atoms with Gasteiger partial charge in [-0.05, 0) is 58.2 Å². The van der Waals surface area contributed by atoms with Crippen LogP contribution in [0.5, 0.6) is 0 Å². The highest BCUT2D eigenvalue weighted by molar-refractivity contribution is 9.10. The van der Waals surface area contributed by atoms with Crippen molar-refractivity contribution in [1.82, 2.24) is 4.90 Å². The summed E-state index contributed by atoms with van der Waals surface area (Å²) in [6.45, 7) is 11.0. The van der Waals surface area contributed by atoms with Crippen molar-refractivity contribution in [2.75, 3.05) is 25.5 Å². The monoisotopic (exact) mass is 382 g/mol. The fraction of sp³-hybridized carbons (Fsp3) is 0.611. The molecule has 0 aromatic heterocycles. The molecule has 0 radical (unpaired) electrons. The van der Waals surface area contributed by atoms with E-state index < -0.39 is 0 Å². The second-order valence-electron chi connectivity index (χ2n) is 7.19. The predicted octanol–water partition coefficient (Wildman–Crippen LogP) is 4.22. The van der Waals surface area contributed by atoms with Gasteiger partial charge in [-0.15, -0.1) is 0 Å². The molecular formula is C18H27BrN2O2. The molecule has 0 atom stereocenters. The number of rotatable bonds is 3. The molecule has 1 heterocycles. The van der Waals surface area contributed by atoms with Crippen molar-refractivity contribution in [3.63, 3.8) is 0 Å². The van der Waals surface area contributed by atoms with Crippen LogP contribution in [-0.2, 0) is 4.74 Å². The molecule has 128 valence electrons. The van der Waals surface area contributed by atoms with Crippen LogP contribution >= 0.6 is 15.9 Å². The van der Waals surface area contributed by atoms with E-state index in [1.54, 1.807) is 0 Å². The van der Waals surface area contributed by atoms with Crippen LogP contribution in [0, 0.1) is 6.92 Å². The van der Waals surface area contributed by atoms with Crippen LogP contribution in [-0.4, -0.2) is 42.6 Å². The highest BCUT2D eigenvalue weighted by Crippen LogP contribution is 2.28. The molecule has 1 N–H and O–H groups in total. The summed E-state index contributed by atoms with van der Waals surface area (Å²) in [6.07, 6.45) is 2.22. The molecule has 5 heteroatoms. The number of halogens is 1. The third kappa shape index (κ3) is 4.48. The van der Waals surface area contributed by atoms with Crippen molar-refractivity contribution >= 4 is 27.6 Å². The number of nitrogens with zero attached hydrogens (tertiary/aromatic N) is 1. The SMILES string of the molecule is COC(=O)c1cc(Br)cc(NC2CCN(C(C)(C)C)CC2)c1C. The van der Waals surface area contributed by atoms with Crippen LogP contribution in [0.15, 0.2) is 16.6 Å². The van der Waals surface area contributed by atoms with E-state index in [9.17, 15) is 4.79 Å². The fourth-order valence-corrected chi connectivity index (χ4v) is 3.52. The summed E-state index contributed by atoms with van der Waals surface area (Å²) in [5.41, 5.74) is 2.79. The van der Waals surface area contributed by atoms with Crippen LogP contribution in [0.3, 0.4) is 0 Å². The van der Waals surface area contributed by atoms with E-state index in [4.69, 9.17) is 4.74 Å². The van der Waals surface area contributed by atoms with Crippen molar-refractivity contribution in [2.45, 2.75) is 52.1 Å². The van der Waals surface area contributed by atoms with Gasteiger partial charge in [0.1, 0.15) is 0 Å². The number of hydrogen-bond acceptors (Lipinski definition) is 4. The molecule has 1 saturated heterocycles. The maximum atomic E-state index is 11.9. The Morgan fingerprint density at radius 3 is 2.43 bits per heavy atom. The molecule has 1 fully saturated rings. The summed E-state index contributed by atoms with van der Waals surface area (Å²) < 4.78 is 5.76. The number of esters is 1. The molecule has 1 aromatic carbocycles. The van der Waals surface area contributed by atoms with E-state index >= 15 is 0 Å². The van der Waals surface area contributed by atoms with E-state index in [1.807, 2.05) is 19.1 Å². The number of ether oxygens (including phenoxy) is 1. The predicted molar refractivity (Wildman–Crippen MR) is 98.2 cm³/mol. The number of methoxy groups -OCH3 is 1. The zero-order valence-electron chi connectivity index (χ0n) is 14.7. The lowest BCUT2D eigenvalue weighted by molar-refractivity contribution is 0.0600. The number of benzene rings is 1. The van der Waals surface area contributed by atoms with Crippen LogP contribution in [0.2, 0.25) is 0 Å². The van der Waals surface area contributed by atoms with Crippen LogP contribution in [0.4, 0.5) is 5.69 Å². The number of nitrogens with one attached hydrogen (secondary N) is 1. The molecule has 4 nitrogen and oxygen atoms in total. The van der Waals surface area contributed by atoms with Crippen LogP contribution in [0.25, 0.3) is 0 Å². The third-order valence-corrected chi connectivity index (χ3v) is 5.04. The lowest BCUT2D eigenvalue weighted by atomic mass is 9.97. The number of piperidine rings is 1. The van der Waals surface area contributed by atoms with Crippen molar-refractivity contribution in [3.8, 4) is 0 Å². The van der Waals surface area contributed by atoms with Crippen LogP contribution in [0.1, 0.15) is 49.5 Å². The normalized spacial score (nSPS) is 17.1. The van der Waals surface area contributed by atoms with Gasteiger partial charge in [-0.1, -0.05) is 15.9 Å². The van der Waals surface area contributed by atoms with Crippen molar-refractivity contribution < 1.29 is 9.53 Å². The van der Waals surface area contributed by atoms with Gasteiger partial charge in [0.25, 0.3) is 0 Å². The highest BCUT2D eigenvalue weighted by Gasteiger charge is 2.27. The summed E-state index contributed by atoms with van der Waals surface area (Å²) in [7, 11) is 1.41. The molecule has 1 aliphatic heterocycles. The highest BCUT2D eigenvalue weighted by atomic mass is 79.9. The Balaban J connectivity index is 2.10. The summed E-state index contributed by atoms with van der Waals surface area (Å²) in [4.78, 5) is 14.4. The Hall–Kier alpha value is -1.07. The lowest BCUT2D eigenvalue weighted by Gasteiger charge is -2.41. The Labute approximate surface area is 147 Å². The molecule has 0 unspecified atom stereocenters. The zero-order chi connectivity index (χ0) is 17.2. The Bertz CT molecular complexity index is 573.